The summed E-state index contributed by atoms with van der Waals surface area (Å²) in [5, 5.41) is 15.7. The molecular weight excluding hydrogens is 236 g/mol. The zero-order chi connectivity index (χ0) is 12.6. The van der Waals surface area contributed by atoms with Crippen molar-refractivity contribution in [2.45, 2.75) is 58.1 Å². The number of hydrogen-bond donors (Lipinski definition) is 1. The molecule has 0 amide bonds. The maximum absolute atomic E-state index is 10.8. The first kappa shape index (κ1) is 12.9. The van der Waals surface area contributed by atoms with E-state index in [1.807, 2.05) is 4.68 Å². The average Bonchev–Trinajstić information content (AvgIpc) is 2.83. The Bertz CT molecular complexity index is 402. The van der Waals surface area contributed by atoms with Gasteiger partial charge < -0.3 is 5.11 Å². The van der Waals surface area contributed by atoms with E-state index in [0.29, 0.717) is 10.9 Å². The van der Waals surface area contributed by atoms with Crippen molar-refractivity contribution in [3.63, 3.8) is 0 Å². The second-order valence-electron chi connectivity index (χ2n) is 5.43. The summed E-state index contributed by atoms with van der Waals surface area (Å²) in [6, 6.07) is 0.224. The van der Waals surface area contributed by atoms with Gasteiger partial charge in [0.15, 0.2) is 0 Å². The Morgan fingerprint density at radius 3 is 2.88 bits per heavy atom. The van der Waals surface area contributed by atoms with E-state index >= 15 is 0 Å². The number of halogens is 1. The SMILES string of the molecule is CCC1CCC(O)(c2c(Cl)cnn2C(C)C)C1. The minimum atomic E-state index is -0.779. The molecule has 2 rings (SSSR count). The molecule has 1 aromatic rings. The van der Waals surface area contributed by atoms with Crippen LogP contribution in [0.2, 0.25) is 5.02 Å². The van der Waals surface area contributed by atoms with Crippen LogP contribution in [-0.2, 0) is 5.60 Å². The second kappa shape index (κ2) is 4.62. The first-order valence-electron chi connectivity index (χ1n) is 6.43. The van der Waals surface area contributed by atoms with Gasteiger partial charge in [0, 0.05) is 6.04 Å². The summed E-state index contributed by atoms with van der Waals surface area (Å²) in [6.07, 6.45) is 5.45. The second-order valence-corrected chi connectivity index (χ2v) is 5.84. The van der Waals surface area contributed by atoms with Gasteiger partial charge in [-0.15, -0.1) is 0 Å². The molecule has 0 spiro atoms. The third-order valence-electron chi connectivity index (χ3n) is 3.85. The van der Waals surface area contributed by atoms with Crippen LogP contribution in [0.3, 0.4) is 0 Å². The van der Waals surface area contributed by atoms with Crippen molar-refractivity contribution >= 4 is 11.6 Å². The van der Waals surface area contributed by atoms with Crippen LogP contribution in [0.15, 0.2) is 6.20 Å². The van der Waals surface area contributed by atoms with E-state index in [2.05, 4.69) is 25.9 Å². The summed E-state index contributed by atoms with van der Waals surface area (Å²) in [4.78, 5) is 0. The minimum absolute atomic E-state index is 0.224. The van der Waals surface area contributed by atoms with Crippen molar-refractivity contribution in [2.24, 2.45) is 5.92 Å². The molecule has 1 N–H and O–H groups in total. The number of aromatic nitrogens is 2. The molecule has 96 valence electrons. The van der Waals surface area contributed by atoms with E-state index in [0.717, 1.165) is 31.4 Å². The van der Waals surface area contributed by atoms with Gasteiger partial charge in [0.25, 0.3) is 0 Å². The third kappa shape index (κ3) is 2.23. The van der Waals surface area contributed by atoms with Gasteiger partial charge in [-0.3, -0.25) is 4.68 Å². The van der Waals surface area contributed by atoms with E-state index in [9.17, 15) is 5.11 Å². The highest BCUT2D eigenvalue weighted by atomic mass is 35.5. The lowest BCUT2D eigenvalue weighted by molar-refractivity contribution is 0.0294. The Labute approximate surface area is 108 Å². The van der Waals surface area contributed by atoms with Gasteiger partial charge in [0.05, 0.1) is 16.9 Å². The number of nitrogens with zero attached hydrogens (tertiary/aromatic N) is 2. The molecule has 1 heterocycles. The summed E-state index contributed by atoms with van der Waals surface area (Å²) in [5.41, 5.74) is 0.0311. The molecule has 17 heavy (non-hydrogen) atoms. The molecule has 1 aromatic heterocycles. The monoisotopic (exact) mass is 256 g/mol. The average molecular weight is 257 g/mol. The Balaban J connectivity index is 2.36. The van der Waals surface area contributed by atoms with Crippen LogP contribution in [0.5, 0.6) is 0 Å². The van der Waals surface area contributed by atoms with Gasteiger partial charge >= 0.3 is 0 Å². The topological polar surface area (TPSA) is 38.1 Å². The Morgan fingerprint density at radius 2 is 2.35 bits per heavy atom. The quantitative estimate of drug-likeness (QED) is 0.899. The Hall–Kier alpha value is -0.540. The van der Waals surface area contributed by atoms with Crippen LogP contribution in [0.4, 0.5) is 0 Å². The summed E-state index contributed by atoms with van der Waals surface area (Å²) in [6.45, 7) is 6.29. The zero-order valence-corrected chi connectivity index (χ0v) is 11.5. The lowest BCUT2D eigenvalue weighted by Gasteiger charge is -2.26. The molecule has 1 aliphatic rings. The van der Waals surface area contributed by atoms with Crippen LogP contribution in [-0.4, -0.2) is 14.9 Å². The molecule has 1 saturated carbocycles. The zero-order valence-electron chi connectivity index (χ0n) is 10.8. The molecule has 2 unspecified atom stereocenters. The summed E-state index contributed by atoms with van der Waals surface area (Å²) >= 11 is 6.21. The number of aliphatic hydroxyl groups is 1. The molecule has 0 bridgehead atoms. The van der Waals surface area contributed by atoms with Crippen LogP contribution in [0.25, 0.3) is 0 Å². The molecular formula is C13H21ClN2O. The molecule has 0 saturated heterocycles. The fourth-order valence-electron chi connectivity index (χ4n) is 2.86. The van der Waals surface area contributed by atoms with Crippen molar-refractivity contribution in [3.8, 4) is 0 Å². The van der Waals surface area contributed by atoms with E-state index in [4.69, 9.17) is 11.6 Å². The highest BCUT2D eigenvalue weighted by Crippen LogP contribution is 2.45. The molecule has 1 fully saturated rings. The van der Waals surface area contributed by atoms with Crippen LogP contribution in [0.1, 0.15) is 58.2 Å². The van der Waals surface area contributed by atoms with E-state index in [1.54, 1.807) is 6.20 Å². The highest BCUT2D eigenvalue weighted by molar-refractivity contribution is 6.31. The summed E-state index contributed by atoms with van der Waals surface area (Å²) < 4.78 is 1.86. The maximum atomic E-state index is 10.8. The highest BCUT2D eigenvalue weighted by Gasteiger charge is 2.42. The van der Waals surface area contributed by atoms with Crippen molar-refractivity contribution in [1.82, 2.24) is 9.78 Å². The summed E-state index contributed by atoms with van der Waals surface area (Å²) in [5.74, 6) is 0.603. The third-order valence-corrected chi connectivity index (χ3v) is 4.13. The minimum Gasteiger partial charge on any atom is -0.384 e. The summed E-state index contributed by atoms with van der Waals surface area (Å²) in [7, 11) is 0. The molecule has 0 aliphatic heterocycles. The molecule has 2 atom stereocenters. The smallest absolute Gasteiger partial charge is 0.108 e. The Morgan fingerprint density at radius 1 is 1.65 bits per heavy atom. The number of rotatable bonds is 3. The predicted octanol–water partition coefficient (Wildman–Crippen LogP) is 3.52. The van der Waals surface area contributed by atoms with Gasteiger partial charge in [0.1, 0.15) is 5.60 Å². The van der Waals surface area contributed by atoms with Crippen molar-refractivity contribution in [3.05, 3.63) is 16.9 Å². The van der Waals surface area contributed by atoms with E-state index in [-0.39, 0.29) is 6.04 Å². The van der Waals surface area contributed by atoms with Crippen LogP contribution < -0.4 is 0 Å². The van der Waals surface area contributed by atoms with E-state index < -0.39 is 5.60 Å². The largest absolute Gasteiger partial charge is 0.384 e. The van der Waals surface area contributed by atoms with Gasteiger partial charge in [-0.25, -0.2) is 0 Å². The fourth-order valence-corrected chi connectivity index (χ4v) is 3.16. The molecule has 4 heteroatoms. The lowest BCUT2D eigenvalue weighted by atomic mass is 9.95. The van der Waals surface area contributed by atoms with Gasteiger partial charge in [-0.2, -0.15) is 5.10 Å². The first-order chi connectivity index (χ1) is 7.98. The fraction of sp³-hybridized carbons (Fsp3) is 0.769. The molecule has 0 radical (unpaired) electrons. The number of hydrogen-bond acceptors (Lipinski definition) is 2. The molecule has 0 aromatic carbocycles. The van der Waals surface area contributed by atoms with Crippen molar-refractivity contribution in [2.75, 3.05) is 0 Å². The molecule has 1 aliphatic carbocycles. The first-order valence-corrected chi connectivity index (χ1v) is 6.81. The van der Waals surface area contributed by atoms with Gasteiger partial charge in [-0.1, -0.05) is 24.9 Å². The van der Waals surface area contributed by atoms with Crippen molar-refractivity contribution < 1.29 is 5.11 Å². The van der Waals surface area contributed by atoms with Crippen LogP contribution >= 0.6 is 11.6 Å². The predicted molar refractivity (Wildman–Crippen MR) is 69.2 cm³/mol. The molecule has 3 nitrogen and oxygen atoms in total. The lowest BCUT2D eigenvalue weighted by Crippen LogP contribution is -2.27. The normalized spacial score (nSPS) is 29.2. The maximum Gasteiger partial charge on any atom is 0.108 e. The van der Waals surface area contributed by atoms with Gasteiger partial charge in [-0.05, 0) is 39.0 Å². The van der Waals surface area contributed by atoms with E-state index in [1.165, 1.54) is 0 Å². The standard InChI is InChI=1S/C13H21ClN2O/c1-4-10-5-6-13(17,7-10)12-11(14)8-15-16(12)9(2)3/h8-10,17H,4-7H2,1-3H3. The Kier molecular flexibility index (Phi) is 3.50. The van der Waals surface area contributed by atoms with Gasteiger partial charge in [0.2, 0.25) is 0 Å². The van der Waals surface area contributed by atoms with Crippen LogP contribution in [0, 0.1) is 5.92 Å². The van der Waals surface area contributed by atoms with Crippen molar-refractivity contribution in [1.29, 1.82) is 0 Å².